The molecule has 3 aromatic rings. The van der Waals surface area contributed by atoms with Gasteiger partial charge in [0.1, 0.15) is 11.9 Å². The Bertz CT molecular complexity index is 997. The van der Waals surface area contributed by atoms with Gasteiger partial charge in [0.2, 0.25) is 5.91 Å². The fourth-order valence-electron chi connectivity index (χ4n) is 3.42. The van der Waals surface area contributed by atoms with Gasteiger partial charge in [0.05, 0.1) is 12.2 Å². The molecule has 1 amide bonds. The molecule has 138 valence electrons. The zero-order valence-corrected chi connectivity index (χ0v) is 15.0. The second-order valence-corrected chi connectivity index (χ2v) is 6.50. The molecular weight excluding hydrogens is 344 g/mol. The van der Waals surface area contributed by atoms with Gasteiger partial charge < -0.3 is 9.88 Å². The zero-order valence-electron chi connectivity index (χ0n) is 15.0. The van der Waals surface area contributed by atoms with Crippen molar-refractivity contribution in [1.29, 1.82) is 0 Å². The number of hydrogen-bond donors (Lipinski definition) is 1. The average Bonchev–Trinajstić information content (AvgIpc) is 3.23. The van der Waals surface area contributed by atoms with Crippen molar-refractivity contribution in [3.63, 3.8) is 0 Å². The molecule has 3 aromatic heterocycles. The Labute approximate surface area is 155 Å². The third kappa shape index (κ3) is 3.25. The highest BCUT2D eigenvalue weighted by Gasteiger charge is 2.29. The van der Waals surface area contributed by atoms with Crippen molar-refractivity contribution in [2.24, 2.45) is 0 Å². The van der Waals surface area contributed by atoms with Gasteiger partial charge >= 0.3 is 0 Å². The van der Waals surface area contributed by atoms with Crippen LogP contribution in [0.2, 0.25) is 0 Å². The molecular formula is C19H20N6O2. The third-order valence-corrected chi connectivity index (χ3v) is 4.85. The number of nitrogens with one attached hydrogen (secondary N) is 1. The lowest BCUT2D eigenvalue weighted by Crippen LogP contribution is -2.42. The Hall–Kier alpha value is -3.29. The first-order chi connectivity index (χ1) is 13.2. The maximum Gasteiger partial charge on any atom is 0.254 e. The summed E-state index contributed by atoms with van der Waals surface area (Å²) in [6.45, 7) is 2.80. The number of fused-ring (bicyclic) bond motifs is 1. The molecule has 1 aliphatic rings. The normalized spacial score (nSPS) is 14.6. The Balaban J connectivity index is 1.63. The van der Waals surface area contributed by atoms with Crippen LogP contribution in [0.3, 0.4) is 0 Å². The standard InChI is InChI=1S/C19H20N6O2/c1-2-16(25-10-3-7-21-25)19(27)24-11-6-14-15(12-24)22-17(23-18(14)26)13-4-8-20-9-5-13/h3-5,7-10,16H,2,6,11-12H2,1H3,(H,22,23,26). The van der Waals surface area contributed by atoms with E-state index in [1.807, 2.05) is 13.0 Å². The number of carbonyl (C=O) groups is 1. The summed E-state index contributed by atoms with van der Waals surface area (Å²) in [5.74, 6) is 0.494. The molecule has 1 atom stereocenters. The molecule has 0 bridgehead atoms. The molecule has 0 saturated carbocycles. The van der Waals surface area contributed by atoms with Crippen LogP contribution in [0, 0.1) is 0 Å². The van der Waals surface area contributed by atoms with E-state index in [0.717, 1.165) is 5.56 Å². The molecule has 1 unspecified atom stereocenters. The summed E-state index contributed by atoms with van der Waals surface area (Å²) in [6, 6.07) is 5.05. The van der Waals surface area contributed by atoms with Crippen LogP contribution in [0.1, 0.15) is 30.6 Å². The minimum atomic E-state index is -0.344. The number of amides is 1. The van der Waals surface area contributed by atoms with Gasteiger partial charge in [0, 0.05) is 42.5 Å². The second-order valence-electron chi connectivity index (χ2n) is 6.50. The smallest absolute Gasteiger partial charge is 0.254 e. The molecule has 1 N–H and O–H groups in total. The van der Waals surface area contributed by atoms with Gasteiger partial charge in [-0.3, -0.25) is 19.3 Å². The minimum absolute atomic E-state index is 0.000562. The molecule has 8 heteroatoms. The van der Waals surface area contributed by atoms with E-state index in [1.54, 1.807) is 46.5 Å². The van der Waals surface area contributed by atoms with E-state index in [-0.39, 0.29) is 17.5 Å². The summed E-state index contributed by atoms with van der Waals surface area (Å²) in [4.78, 5) is 38.7. The van der Waals surface area contributed by atoms with Gasteiger partial charge in [0.15, 0.2) is 0 Å². The van der Waals surface area contributed by atoms with E-state index in [0.29, 0.717) is 43.0 Å². The van der Waals surface area contributed by atoms with Crippen molar-refractivity contribution in [3.05, 3.63) is 64.6 Å². The first kappa shape index (κ1) is 17.1. The van der Waals surface area contributed by atoms with E-state index in [9.17, 15) is 9.59 Å². The Morgan fingerprint density at radius 3 is 2.81 bits per heavy atom. The average molecular weight is 364 g/mol. The van der Waals surface area contributed by atoms with Crippen molar-refractivity contribution >= 4 is 5.91 Å². The summed E-state index contributed by atoms with van der Waals surface area (Å²) in [7, 11) is 0. The van der Waals surface area contributed by atoms with Crippen molar-refractivity contribution in [2.75, 3.05) is 6.54 Å². The largest absolute Gasteiger partial charge is 0.335 e. The van der Waals surface area contributed by atoms with Gasteiger partial charge in [-0.25, -0.2) is 4.98 Å². The van der Waals surface area contributed by atoms with Crippen molar-refractivity contribution in [1.82, 2.24) is 29.6 Å². The number of rotatable bonds is 4. The number of nitrogens with zero attached hydrogens (tertiary/aromatic N) is 5. The lowest BCUT2D eigenvalue weighted by Gasteiger charge is -2.30. The van der Waals surface area contributed by atoms with Crippen molar-refractivity contribution in [2.45, 2.75) is 32.4 Å². The van der Waals surface area contributed by atoms with Crippen LogP contribution in [0.4, 0.5) is 0 Å². The molecule has 0 fully saturated rings. The first-order valence-electron chi connectivity index (χ1n) is 8.97. The van der Waals surface area contributed by atoms with Gasteiger partial charge in [-0.05, 0) is 31.0 Å². The quantitative estimate of drug-likeness (QED) is 0.758. The van der Waals surface area contributed by atoms with E-state index >= 15 is 0 Å². The predicted octanol–water partition coefficient (Wildman–Crippen LogP) is 1.56. The van der Waals surface area contributed by atoms with E-state index in [2.05, 4.69) is 20.1 Å². The highest BCUT2D eigenvalue weighted by atomic mass is 16.2. The molecule has 0 aliphatic carbocycles. The van der Waals surface area contributed by atoms with Crippen LogP contribution in [0.25, 0.3) is 11.4 Å². The van der Waals surface area contributed by atoms with Crippen LogP contribution in [-0.4, -0.2) is 42.1 Å². The van der Waals surface area contributed by atoms with Crippen LogP contribution < -0.4 is 5.56 Å². The summed E-state index contributed by atoms with van der Waals surface area (Å²) >= 11 is 0. The molecule has 0 spiro atoms. The summed E-state index contributed by atoms with van der Waals surface area (Å²) in [5, 5.41) is 4.21. The Kier molecular flexibility index (Phi) is 4.53. The molecule has 0 saturated heterocycles. The molecule has 0 aromatic carbocycles. The third-order valence-electron chi connectivity index (χ3n) is 4.85. The van der Waals surface area contributed by atoms with Gasteiger partial charge in [0.25, 0.3) is 5.56 Å². The molecule has 0 radical (unpaired) electrons. The van der Waals surface area contributed by atoms with Gasteiger partial charge in [-0.1, -0.05) is 6.92 Å². The Morgan fingerprint density at radius 1 is 1.30 bits per heavy atom. The second kappa shape index (κ2) is 7.14. The van der Waals surface area contributed by atoms with Crippen LogP contribution in [-0.2, 0) is 17.8 Å². The minimum Gasteiger partial charge on any atom is -0.335 e. The van der Waals surface area contributed by atoms with Crippen molar-refractivity contribution in [3.8, 4) is 11.4 Å². The maximum atomic E-state index is 13.0. The summed E-state index contributed by atoms with van der Waals surface area (Å²) in [5.41, 5.74) is 1.96. The highest BCUT2D eigenvalue weighted by Crippen LogP contribution is 2.22. The van der Waals surface area contributed by atoms with Crippen LogP contribution in [0.5, 0.6) is 0 Å². The fourth-order valence-corrected chi connectivity index (χ4v) is 3.42. The Morgan fingerprint density at radius 2 is 2.11 bits per heavy atom. The number of aromatic amines is 1. The molecule has 27 heavy (non-hydrogen) atoms. The number of hydrogen-bond acceptors (Lipinski definition) is 5. The zero-order chi connectivity index (χ0) is 18.8. The van der Waals surface area contributed by atoms with Crippen molar-refractivity contribution < 1.29 is 4.79 Å². The lowest BCUT2D eigenvalue weighted by molar-refractivity contribution is -0.136. The van der Waals surface area contributed by atoms with E-state index < -0.39 is 0 Å². The molecule has 4 heterocycles. The number of carbonyl (C=O) groups excluding carboxylic acids is 1. The molecule has 8 nitrogen and oxygen atoms in total. The number of aromatic nitrogens is 5. The SMILES string of the molecule is CCC(C(=O)N1CCc2c(nc(-c3ccncc3)[nH]c2=O)C1)n1cccn1. The molecule has 4 rings (SSSR count). The van der Waals surface area contributed by atoms with Crippen LogP contribution in [0.15, 0.2) is 47.8 Å². The van der Waals surface area contributed by atoms with E-state index in [4.69, 9.17) is 0 Å². The monoisotopic (exact) mass is 364 g/mol. The fraction of sp³-hybridized carbons (Fsp3) is 0.316. The number of pyridine rings is 1. The first-order valence-corrected chi connectivity index (χ1v) is 8.97. The van der Waals surface area contributed by atoms with Gasteiger partial charge in [-0.2, -0.15) is 5.10 Å². The highest BCUT2D eigenvalue weighted by molar-refractivity contribution is 5.80. The maximum absolute atomic E-state index is 13.0. The topological polar surface area (TPSA) is 96.8 Å². The van der Waals surface area contributed by atoms with Gasteiger partial charge in [-0.15, -0.1) is 0 Å². The summed E-state index contributed by atoms with van der Waals surface area (Å²) in [6.07, 6.45) is 7.92. The van der Waals surface area contributed by atoms with E-state index in [1.165, 1.54) is 0 Å². The van der Waals surface area contributed by atoms with Crippen LogP contribution >= 0.6 is 0 Å². The molecule has 1 aliphatic heterocycles. The number of H-pyrrole nitrogens is 1. The predicted molar refractivity (Wildman–Crippen MR) is 98.8 cm³/mol. The lowest BCUT2D eigenvalue weighted by atomic mass is 10.0. The summed E-state index contributed by atoms with van der Waals surface area (Å²) < 4.78 is 1.69.